The van der Waals surface area contributed by atoms with Gasteiger partial charge in [-0.15, -0.1) is 0 Å². The van der Waals surface area contributed by atoms with E-state index in [4.69, 9.17) is 0 Å². The predicted octanol–water partition coefficient (Wildman–Crippen LogP) is 1.63. The van der Waals surface area contributed by atoms with Crippen LogP contribution in [0.5, 0.6) is 0 Å². The average molecular weight is 301 g/mol. The van der Waals surface area contributed by atoms with Crippen molar-refractivity contribution >= 4 is 11.6 Å². The summed E-state index contributed by atoms with van der Waals surface area (Å²) >= 11 is 0. The zero-order valence-corrected chi connectivity index (χ0v) is 11.9. The fourth-order valence-corrected chi connectivity index (χ4v) is 2.02. The van der Waals surface area contributed by atoms with Crippen molar-refractivity contribution in [1.29, 1.82) is 0 Å². The summed E-state index contributed by atoms with van der Waals surface area (Å²) in [5, 5.41) is 13.5. The van der Waals surface area contributed by atoms with Gasteiger partial charge in [-0.2, -0.15) is 0 Å². The number of amides is 1. The Bertz CT molecular complexity index is 740. The highest BCUT2D eigenvalue weighted by molar-refractivity contribution is 5.76. The Balaban J connectivity index is 2.08. The van der Waals surface area contributed by atoms with Crippen LogP contribution in [0.25, 0.3) is 0 Å². The van der Waals surface area contributed by atoms with E-state index in [-0.39, 0.29) is 24.2 Å². The fraction of sp³-hybridized carbons (Fsp3) is 0.200. The van der Waals surface area contributed by atoms with Gasteiger partial charge in [0.15, 0.2) is 0 Å². The molecule has 0 aliphatic heterocycles. The van der Waals surface area contributed by atoms with Crippen LogP contribution in [0.2, 0.25) is 0 Å². The first-order chi connectivity index (χ1) is 10.5. The molecule has 1 amide bonds. The summed E-state index contributed by atoms with van der Waals surface area (Å²) in [5.74, 6) is -0.390. The Morgan fingerprint density at radius 3 is 2.59 bits per heavy atom. The molecule has 0 fully saturated rings. The van der Waals surface area contributed by atoms with Crippen LogP contribution in [0.1, 0.15) is 18.5 Å². The third-order valence-electron chi connectivity index (χ3n) is 3.17. The average Bonchev–Trinajstić information content (AvgIpc) is 2.50. The van der Waals surface area contributed by atoms with E-state index in [1.807, 2.05) is 37.3 Å². The molecule has 0 saturated heterocycles. The molecule has 2 rings (SSSR count). The molecule has 7 nitrogen and oxygen atoms in total. The lowest BCUT2D eigenvalue weighted by molar-refractivity contribution is -0.385. The molecule has 0 aliphatic rings. The lowest BCUT2D eigenvalue weighted by atomic mass is 10.1. The molecule has 1 heterocycles. The highest BCUT2D eigenvalue weighted by Crippen LogP contribution is 2.11. The van der Waals surface area contributed by atoms with Crippen molar-refractivity contribution in [2.45, 2.75) is 19.5 Å². The fourth-order valence-electron chi connectivity index (χ4n) is 2.02. The van der Waals surface area contributed by atoms with Gasteiger partial charge in [-0.3, -0.25) is 24.3 Å². The second-order valence-electron chi connectivity index (χ2n) is 4.81. The van der Waals surface area contributed by atoms with Gasteiger partial charge in [0.05, 0.1) is 17.2 Å². The van der Waals surface area contributed by atoms with E-state index in [9.17, 15) is 19.7 Å². The highest BCUT2D eigenvalue weighted by atomic mass is 16.6. The van der Waals surface area contributed by atoms with Crippen LogP contribution in [-0.4, -0.2) is 15.4 Å². The number of rotatable bonds is 5. The number of nitro groups is 1. The van der Waals surface area contributed by atoms with E-state index < -0.39 is 10.5 Å². The second-order valence-corrected chi connectivity index (χ2v) is 4.81. The minimum Gasteiger partial charge on any atom is -0.348 e. The number of aromatic nitrogens is 1. The van der Waals surface area contributed by atoms with Crippen LogP contribution >= 0.6 is 0 Å². The summed E-state index contributed by atoms with van der Waals surface area (Å²) in [6.07, 6.45) is 1.06. The minimum atomic E-state index is -0.611. The topological polar surface area (TPSA) is 94.2 Å². The SMILES string of the molecule is C[C@H](NC(=O)Cn1cc([N+](=O)[O-])ccc1=O)c1ccccc1. The Morgan fingerprint density at radius 2 is 1.95 bits per heavy atom. The predicted molar refractivity (Wildman–Crippen MR) is 80.4 cm³/mol. The van der Waals surface area contributed by atoms with Crippen LogP contribution in [0.3, 0.4) is 0 Å². The molecule has 1 N–H and O–H groups in total. The van der Waals surface area contributed by atoms with E-state index in [1.165, 1.54) is 0 Å². The molecule has 0 radical (unpaired) electrons. The lowest BCUT2D eigenvalue weighted by Crippen LogP contribution is -2.33. The van der Waals surface area contributed by atoms with Gasteiger partial charge < -0.3 is 5.32 Å². The Hall–Kier alpha value is -2.96. The molecule has 7 heteroatoms. The maximum absolute atomic E-state index is 12.0. The first-order valence-corrected chi connectivity index (χ1v) is 6.66. The molecule has 2 aromatic rings. The molecule has 1 atom stereocenters. The molecule has 0 unspecified atom stereocenters. The zero-order valence-electron chi connectivity index (χ0n) is 11.9. The summed E-state index contributed by atoms with van der Waals surface area (Å²) in [4.78, 5) is 33.7. The standard InChI is InChI=1S/C15H15N3O4/c1-11(12-5-3-2-4-6-12)16-14(19)10-17-9-13(18(21)22)7-8-15(17)20/h2-9,11H,10H2,1H3,(H,16,19)/t11-/m0/s1. The van der Waals surface area contributed by atoms with Gasteiger partial charge in [0, 0.05) is 12.1 Å². The van der Waals surface area contributed by atoms with Gasteiger partial charge in [0.2, 0.25) is 5.91 Å². The Kier molecular flexibility index (Phi) is 4.67. The summed E-state index contributed by atoms with van der Waals surface area (Å²) in [6.45, 7) is 1.56. The van der Waals surface area contributed by atoms with Gasteiger partial charge in [0.1, 0.15) is 6.54 Å². The van der Waals surface area contributed by atoms with E-state index in [0.29, 0.717) is 0 Å². The summed E-state index contributed by atoms with van der Waals surface area (Å²) in [5.41, 5.74) is 0.235. The second kappa shape index (κ2) is 6.66. The molecule has 114 valence electrons. The first-order valence-electron chi connectivity index (χ1n) is 6.66. The van der Waals surface area contributed by atoms with Crippen LogP contribution in [0.15, 0.2) is 53.5 Å². The summed E-state index contributed by atoms with van der Waals surface area (Å²) in [7, 11) is 0. The van der Waals surface area contributed by atoms with Crippen molar-refractivity contribution < 1.29 is 9.72 Å². The lowest BCUT2D eigenvalue weighted by Gasteiger charge is -2.14. The Labute approximate surface area is 126 Å². The maximum Gasteiger partial charge on any atom is 0.285 e. The number of benzene rings is 1. The third-order valence-corrected chi connectivity index (χ3v) is 3.17. The molecule has 1 aromatic carbocycles. The number of carbonyl (C=O) groups excluding carboxylic acids is 1. The van der Waals surface area contributed by atoms with Crippen molar-refractivity contribution in [3.8, 4) is 0 Å². The Morgan fingerprint density at radius 1 is 1.27 bits per heavy atom. The molecule has 0 spiro atoms. The summed E-state index contributed by atoms with van der Waals surface area (Å²) < 4.78 is 1.02. The number of pyridine rings is 1. The van der Waals surface area contributed by atoms with Crippen molar-refractivity contribution in [2.24, 2.45) is 0 Å². The van der Waals surface area contributed by atoms with E-state index in [1.54, 1.807) is 0 Å². The van der Waals surface area contributed by atoms with Gasteiger partial charge in [0.25, 0.3) is 11.2 Å². The zero-order chi connectivity index (χ0) is 16.1. The highest BCUT2D eigenvalue weighted by Gasteiger charge is 2.13. The molecule has 0 aliphatic carbocycles. The quantitative estimate of drug-likeness (QED) is 0.671. The number of hydrogen-bond acceptors (Lipinski definition) is 4. The number of hydrogen-bond donors (Lipinski definition) is 1. The first kappa shape index (κ1) is 15.4. The third kappa shape index (κ3) is 3.78. The van der Waals surface area contributed by atoms with Crippen molar-refractivity contribution in [1.82, 2.24) is 9.88 Å². The monoisotopic (exact) mass is 301 g/mol. The summed E-state index contributed by atoms with van der Waals surface area (Å²) in [6, 6.07) is 11.3. The van der Waals surface area contributed by atoms with Crippen molar-refractivity contribution in [2.75, 3.05) is 0 Å². The normalized spacial score (nSPS) is 11.7. The van der Waals surface area contributed by atoms with Gasteiger partial charge >= 0.3 is 0 Å². The molecule has 22 heavy (non-hydrogen) atoms. The van der Waals surface area contributed by atoms with E-state index >= 15 is 0 Å². The van der Waals surface area contributed by atoms with E-state index in [2.05, 4.69) is 5.32 Å². The van der Waals surface area contributed by atoms with Crippen molar-refractivity contribution in [3.05, 3.63) is 74.7 Å². The largest absolute Gasteiger partial charge is 0.348 e. The van der Waals surface area contributed by atoms with Crippen molar-refractivity contribution in [3.63, 3.8) is 0 Å². The number of carbonyl (C=O) groups is 1. The molecule has 1 aromatic heterocycles. The van der Waals surface area contributed by atoms with Gasteiger partial charge in [-0.1, -0.05) is 30.3 Å². The smallest absolute Gasteiger partial charge is 0.285 e. The maximum atomic E-state index is 12.0. The van der Waals surface area contributed by atoms with Crippen LogP contribution in [-0.2, 0) is 11.3 Å². The number of nitrogens with zero attached hydrogens (tertiary/aromatic N) is 2. The van der Waals surface area contributed by atoms with Crippen LogP contribution in [0.4, 0.5) is 5.69 Å². The molecule has 0 bridgehead atoms. The minimum absolute atomic E-state index is 0.219. The number of nitrogens with one attached hydrogen (secondary N) is 1. The van der Waals surface area contributed by atoms with Crippen LogP contribution in [0, 0.1) is 10.1 Å². The van der Waals surface area contributed by atoms with Gasteiger partial charge in [-0.25, -0.2) is 0 Å². The molecular formula is C15H15N3O4. The van der Waals surface area contributed by atoms with Crippen LogP contribution < -0.4 is 10.9 Å². The molecule has 0 saturated carbocycles. The molecular weight excluding hydrogens is 286 g/mol. The van der Waals surface area contributed by atoms with E-state index in [0.717, 1.165) is 28.5 Å². The van der Waals surface area contributed by atoms with Gasteiger partial charge in [-0.05, 0) is 12.5 Å².